The number of halogens is 1. The summed E-state index contributed by atoms with van der Waals surface area (Å²) in [5, 5.41) is 9.83. The Bertz CT molecular complexity index is 1100. The zero-order valence-corrected chi connectivity index (χ0v) is 20.1. The van der Waals surface area contributed by atoms with Crippen molar-refractivity contribution in [3.05, 3.63) is 47.8 Å². The first-order valence-electron chi connectivity index (χ1n) is 10.5. The number of anilines is 1. The minimum atomic E-state index is -3.02. The Balaban J connectivity index is 1.35. The highest BCUT2D eigenvalue weighted by Gasteiger charge is 2.33. The predicted molar refractivity (Wildman–Crippen MR) is 127 cm³/mol. The molecule has 1 aromatic carbocycles. The number of benzene rings is 1. The number of nitrogens with zero attached hydrogens (tertiary/aromatic N) is 5. The Morgan fingerprint density at radius 2 is 2.03 bits per heavy atom. The Kier molecular flexibility index (Phi) is 7.11. The maximum Gasteiger partial charge on any atom is 0.233 e. The molecule has 2 fully saturated rings. The molecule has 11 heteroatoms. The molecule has 1 aromatic heterocycles. The van der Waals surface area contributed by atoms with Crippen LogP contribution in [0.15, 0.2) is 42.1 Å². The molecule has 0 aliphatic carbocycles. The predicted octanol–water partition coefficient (Wildman–Crippen LogP) is 2.46. The summed E-state index contributed by atoms with van der Waals surface area (Å²) in [5.74, 6) is 1.10. The number of carbonyl (C=O) groups is 1. The van der Waals surface area contributed by atoms with Crippen molar-refractivity contribution in [2.24, 2.45) is 0 Å². The van der Waals surface area contributed by atoms with Crippen molar-refractivity contribution in [3.63, 3.8) is 0 Å². The van der Waals surface area contributed by atoms with E-state index >= 15 is 0 Å². The number of aromatic nitrogens is 3. The highest BCUT2D eigenvalue weighted by atomic mass is 35.5. The molecule has 4 rings (SSSR count). The van der Waals surface area contributed by atoms with Crippen LogP contribution in [0.5, 0.6) is 0 Å². The second-order valence-corrected chi connectivity index (χ2v) is 11.6. The van der Waals surface area contributed by atoms with E-state index in [4.69, 9.17) is 11.6 Å². The summed E-state index contributed by atoms with van der Waals surface area (Å²) < 4.78 is 25.6. The summed E-state index contributed by atoms with van der Waals surface area (Å²) in [4.78, 5) is 16.9. The summed E-state index contributed by atoms with van der Waals surface area (Å²) in [7, 11) is -3.02. The van der Waals surface area contributed by atoms with Crippen molar-refractivity contribution in [2.75, 3.05) is 48.3 Å². The standard InChI is InChI=1S/C21H26ClN5O3S2/c1-2-7-27-20(16-6-12-32(29,30)15-16)23-24-21(27)31-14-19(28)26-10-8-25(9-11-26)18-5-3-4-17(22)13-18/h2-5,13,16H,1,6-12,14-15H2. The Hall–Kier alpha value is -2.04. The van der Waals surface area contributed by atoms with Gasteiger partial charge in [0, 0.05) is 49.4 Å². The number of rotatable bonds is 7. The van der Waals surface area contributed by atoms with Crippen molar-refractivity contribution in [1.29, 1.82) is 0 Å². The molecule has 2 aromatic rings. The molecule has 0 radical (unpaired) electrons. The SMILES string of the molecule is C=CCn1c(SCC(=O)N2CCN(c3cccc(Cl)c3)CC2)nnc1C1CCS(=O)(=O)C1. The Morgan fingerprint density at radius 1 is 1.25 bits per heavy atom. The second-order valence-electron chi connectivity index (χ2n) is 7.98. The van der Waals surface area contributed by atoms with Gasteiger partial charge in [0.2, 0.25) is 5.91 Å². The van der Waals surface area contributed by atoms with E-state index < -0.39 is 9.84 Å². The second kappa shape index (κ2) is 9.84. The number of carbonyl (C=O) groups excluding carboxylic acids is 1. The fourth-order valence-corrected chi connectivity index (χ4v) is 6.89. The highest BCUT2D eigenvalue weighted by molar-refractivity contribution is 7.99. The van der Waals surface area contributed by atoms with Crippen LogP contribution in [0.1, 0.15) is 18.2 Å². The van der Waals surface area contributed by atoms with Crippen LogP contribution in [0.4, 0.5) is 5.69 Å². The lowest BCUT2D eigenvalue weighted by Gasteiger charge is -2.36. The molecule has 0 spiro atoms. The van der Waals surface area contributed by atoms with Crippen molar-refractivity contribution < 1.29 is 13.2 Å². The third kappa shape index (κ3) is 5.29. The van der Waals surface area contributed by atoms with Crippen molar-refractivity contribution in [1.82, 2.24) is 19.7 Å². The van der Waals surface area contributed by atoms with E-state index in [1.54, 1.807) is 6.08 Å². The van der Waals surface area contributed by atoms with E-state index in [9.17, 15) is 13.2 Å². The number of amides is 1. The van der Waals surface area contributed by atoms with Gasteiger partial charge in [0.05, 0.1) is 17.3 Å². The van der Waals surface area contributed by atoms with E-state index in [1.807, 2.05) is 33.7 Å². The fourth-order valence-electron chi connectivity index (χ4n) is 4.11. The van der Waals surface area contributed by atoms with Gasteiger partial charge in [-0.05, 0) is 24.6 Å². The zero-order chi connectivity index (χ0) is 22.7. The van der Waals surface area contributed by atoms with Crippen LogP contribution in [-0.2, 0) is 21.2 Å². The van der Waals surface area contributed by atoms with Crippen molar-refractivity contribution >= 4 is 44.8 Å². The van der Waals surface area contributed by atoms with Crippen LogP contribution in [0.3, 0.4) is 0 Å². The van der Waals surface area contributed by atoms with E-state index in [2.05, 4.69) is 21.7 Å². The molecule has 2 aliphatic rings. The lowest BCUT2D eigenvalue weighted by molar-refractivity contribution is -0.128. The molecular formula is C21H26ClN5O3S2. The van der Waals surface area contributed by atoms with Gasteiger partial charge < -0.3 is 14.4 Å². The normalized spacial score (nSPS) is 20.5. The Labute approximate surface area is 197 Å². The fraction of sp³-hybridized carbons (Fsp3) is 0.476. The van der Waals surface area contributed by atoms with E-state index in [1.165, 1.54) is 11.8 Å². The molecule has 1 amide bonds. The molecule has 0 saturated carbocycles. The number of piperazine rings is 1. The van der Waals surface area contributed by atoms with Gasteiger partial charge in [0.25, 0.3) is 0 Å². The maximum atomic E-state index is 12.8. The lowest BCUT2D eigenvalue weighted by atomic mass is 10.1. The van der Waals surface area contributed by atoms with Crippen LogP contribution >= 0.6 is 23.4 Å². The maximum absolute atomic E-state index is 12.8. The number of thioether (sulfide) groups is 1. The third-order valence-corrected chi connectivity index (χ3v) is 8.74. The van der Waals surface area contributed by atoms with Gasteiger partial charge in [-0.25, -0.2) is 8.42 Å². The summed E-state index contributed by atoms with van der Waals surface area (Å²) >= 11 is 7.43. The first-order chi connectivity index (χ1) is 15.4. The third-order valence-electron chi connectivity index (χ3n) is 5.79. The number of allylic oxidation sites excluding steroid dienone is 1. The number of hydrogen-bond donors (Lipinski definition) is 0. The van der Waals surface area contributed by atoms with Crippen LogP contribution in [-0.4, -0.2) is 77.4 Å². The molecule has 2 saturated heterocycles. The van der Waals surface area contributed by atoms with Crippen molar-refractivity contribution in [3.8, 4) is 0 Å². The van der Waals surface area contributed by atoms with E-state index in [0.717, 1.165) is 18.8 Å². The van der Waals surface area contributed by atoms with Gasteiger partial charge >= 0.3 is 0 Å². The summed E-state index contributed by atoms with van der Waals surface area (Å²) in [6.45, 7) is 7.07. The molecule has 3 heterocycles. The van der Waals surface area contributed by atoms with E-state index in [-0.39, 0.29) is 29.1 Å². The minimum Gasteiger partial charge on any atom is -0.368 e. The van der Waals surface area contributed by atoms with Crippen LogP contribution in [0.25, 0.3) is 0 Å². The molecule has 0 bridgehead atoms. The molecule has 0 N–H and O–H groups in total. The lowest BCUT2D eigenvalue weighted by Crippen LogP contribution is -2.49. The Morgan fingerprint density at radius 3 is 2.69 bits per heavy atom. The van der Waals surface area contributed by atoms with Gasteiger partial charge in [-0.1, -0.05) is 35.5 Å². The average molecular weight is 496 g/mol. The largest absolute Gasteiger partial charge is 0.368 e. The van der Waals surface area contributed by atoms with Gasteiger partial charge in [-0.2, -0.15) is 0 Å². The highest BCUT2D eigenvalue weighted by Crippen LogP contribution is 2.30. The van der Waals surface area contributed by atoms with Gasteiger partial charge in [0.15, 0.2) is 15.0 Å². The molecule has 32 heavy (non-hydrogen) atoms. The first-order valence-corrected chi connectivity index (χ1v) is 13.7. The molecule has 8 nitrogen and oxygen atoms in total. The van der Waals surface area contributed by atoms with Gasteiger partial charge in [0.1, 0.15) is 5.82 Å². The monoisotopic (exact) mass is 495 g/mol. The molecular weight excluding hydrogens is 470 g/mol. The average Bonchev–Trinajstić information content (AvgIpc) is 3.34. The number of sulfone groups is 1. The number of hydrogen-bond acceptors (Lipinski definition) is 7. The smallest absolute Gasteiger partial charge is 0.233 e. The molecule has 1 atom stereocenters. The van der Waals surface area contributed by atoms with Crippen LogP contribution in [0, 0.1) is 0 Å². The first kappa shape index (κ1) is 23.1. The van der Waals surface area contributed by atoms with E-state index in [0.29, 0.717) is 42.1 Å². The molecule has 1 unspecified atom stereocenters. The quantitative estimate of drug-likeness (QED) is 0.430. The zero-order valence-electron chi connectivity index (χ0n) is 17.7. The summed E-state index contributed by atoms with van der Waals surface area (Å²) in [6.07, 6.45) is 2.29. The minimum absolute atomic E-state index is 0.0545. The van der Waals surface area contributed by atoms with Crippen LogP contribution in [0.2, 0.25) is 5.02 Å². The van der Waals surface area contributed by atoms with Gasteiger partial charge in [-0.3, -0.25) is 4.79 Å². The molecule has 172 valence electrons. The molecule has 2 aliphatic heterocycles. The van der Waals surface area contributed by atoms with Gasteiger partial charge in [-0.15, -0.1) is 16.8 Å². The van der Waals surface area contributed by atoms with Crippen molar-refractivity contribution in [2.45, 2.75) is 24.0 Å². The topological polar surface area (TPSA) is 88.4 Å². The summed E-state index contributed by atoms with van der Waals surface area (Å²) in [6, 6.07) is 7.75. The summed E-state index contributed by atoms with van der Waals surface area (Å²) in [5.41, 5.74) is 1.07. The van der Waals surface area contributed by atoms with Crippen LogP contribution < -0.4 is 4.90 Å².